The highest BCUT2D eigenvalue weighted by atomic mass is 35.5. The van der Waals surface area contributed by atoms with Crippen LogP contribution in [0.15, 0.2) is 47.5 Å². The van der Waals surface area contributed by atoms with Crippen molar-refractivity contribution in [2.24, 2.45) is 0 Å². The summed E-state index contributed by atoms with van der Waals surface area (Å²) in [5.41, 5.74) is -0.359. The molecule has 0 aliphatic carbocycles. The Bertz CT molecular complexity index is 1020. The largest absolute Gasteiger partial charge is 0.416 e. The number of nitrogens with zero attached hydrogens (tertiary/aromatic N) is 1. The summed E-state index contributed by atoms with van der Waals surface area (Å²) in [5, 5.41) is 6.92. The number of rotatable bonds is 3. The van der Waals surface area contributed by atoms with E-state index in [1.807, 2.05) is 0 Å². The van der Waals surface area contributed by atoms with Gasteiger partial charge in [0.2, 0.25) is 0 Å². The van der Waals surface area contributed by atoms with Gasteiger partial charge in [-0.2, -0.15) is 18.3 Å². The number of sulfonamides is 1. The molecule has 1 aromatic heterocycles. The minimum Gasteiger partial charge on any atom is -0.280 e. The molecule has 0 radical (unpaired) electrons. The molecule has 24 heavy (non-hydrogen) atoms. The minimum absolute atomic E-state index is 0.167. The molecule has 126 valence electrons. The van der Waals surface area contributed by atoms with E-state index in [9.17, 15) is 21.6 Å². The number of aromatic amines is 1. The SMILES string of the molecule is O=S(=O)(Nc1ccc2cn[nH]c2c1)c1cc(C(F)(F)F)ccc1Cl. The monoisotopic (exact) mass is 375 g/mol. The van der Waals surface area contributed by atoms with Crippen molar-refractivity contribution in [3.8, 4) is 0 Å². The van der Waals surface area contributed by atoms with Crippen LogP contribution in [0.4, 0.5) is 18.9 Å². The Morgan fingerprint density at radius 3 is 2.58 bits per heavy atom. The third kappa shape index (κ3) is 3.17. The van der Waals surface area contributed by atoms with E-state index in [1.54, 1.807) is 12.3 Å². The Kier molecular flexibility index (Phi) is 3.92. The van der Waals surface area contributed by atoms with Crippen LogP contribution < -0.4 is 4.72 Å². The van der Waals surface area contributed by atoms with E-state index in [-0.39, 0.29) is 10.7 Å². The smallest absolute Gasteiger partial charge is 0.280 e. The van der Waals surface area contributed by atoms with Gasteiger partial charge in [0.25, 0.3) is 10.0 Å². The highest BCUT2D eigenvalue weighted by Crippen LogP contribution is 2.34. The van der Waals surface area contributed by atoms with Crippen LogP contribution in [0.2, 0.25) is 5.02 Å². The molecule has 10 heteroatoms. The molecular weight excluding hydrogens is 367 g/mol. The van der Waals surface area contributed by atoms with Gasteiger partial charge in [0.15, 0.2) is 0 Å². The van der Waals surface area contributed by atoms with E-state index in [0.717, 1.165) is 17.5 Å². The van der Waals surface area contributed by atoms with Crippen molar-refractivity contribution in [1.29, 1.82) is 0 Å². The van der Waals surface area contributed by atoms with Crippen LogP contribution in [0.5, 0.6) is 0 Å². The fraction of sp³-hybridized carbons (Fsp3) is 0.0714. The molecule has 3 rings (SSSR count). The second-order valence-electron chi connectivity index (χ2n) is 4.92. The van der Waals surface area contributed by atoms with Crippen LogP contribution in [0.25, 0.3) is 10.9 Å². The van der Waals surface area contributed by atoms with Gasteiger partial charge >= 0.3 is 6.18 Å². The maximum atomic E-state index is 12.8. The van der Waals surface area contributed by atoms with Gasteiger partial charge in [0.05, 0.1) is 28.0 Å². The van der Waals surface area contributed by atoms with Crippen molar-refractivity contribution in [2.75, 3.05) is 4.72 Å². The average Bonchev–Trinajstić information content (AvgIpc) is 2.93. The van der Waals surface area contributed by atoms with E-state index < -0.39 is 26.7 Å². The number of hydrogen-bond donors (Lipinski definition) is 2. The molecular formula is C14H9ClF3N3O2S. The van der Waals surface area contributed by atoms with Crippen LogP contribution in [0.3, 0.4) is 0 Å². The summed E-state index contributed by atoms with van der Waals surface area (Å²) in [6, 6.07) is 6.68. The third-order valence-electron chi connectivity index (χ3n) is 3.24. The molecule has 1 heterocycles. The molecule has 0 amide bonds. The van der Waals surface area contributed by atoms with Crippen LogP contribution in [-0.4, -0.2) is 18.6 Å². The second kappa shape index (κ2) is 5.67. The van der Waals surface area contributed by atoms with Gasteiger partial charge in [-0.05, 0) is 36.4 Å². The lowest BCUT2D eigenvalue weighted by atomic mass is 10.2. The van der Waals surface area contributed by atoms with Gasteiger partial charge in [-0.25, -0.2) is 8.42 Å². The van der Waals surface area contributed by atoms with Crippen molar-refractivity contribution >= 4 is 38.2 Å². The molecule has 0 atom stereocenters. The fourth-order valence-corrected chi connectivity index (χ4v) is 3.67. The van der Waals surface area contributed by atoms with Crippen molar-refractivity contribution < 1.29 is 21.6 Å². The predicted octanol–water partition coefficient (Wildman–Crippen LogP) is 4.04. The van der Waals surface area contributed by atoms with Crippen LogP contribution >= 0.6 is 11.6 Å². The molecule has 0 spiro atoms. The molecule has 3 aromatic rings. The molecule has 0 saturated carbocycles. The van der Waals surface area contributed by atoms with Crippen molar-refractivity contribution in [3.05, 3.63) is 53.2 Å². The number of hydrogen-bond acceptors (Lipinski definition) is 3. The predicted molar refractivity (Wildman–Crippen MR) is 83.4 cm³/mol. The number of aromatic nitrogens is 2. The standard InChI is InChI=1S/C14H9ClF3N3O2S/c15-11-4-2-9(14(16,17)18)5-13(11)24(22,23)21-10-3-1-8-7-19-20-12(8)6-10/h1-7,21H,(H,19,20). The van der Waals surface area contributed by atoms with Gasteiger partial charge in [-0.15, -0.1) is 0 Å². The first-order valence-corrected chi connectivity index (χ1v) is 8.36. The van der Waals surface area contributed by atoms with Crippen molar-refractivity contribution in [3.63, 3.8) is 0 Å². The Balaban J connectivity index is 2.01. The molecule has 0 unspecified atom stereocenters. The van der Waals surface area contributed by atoms with E-state index in [1.165, 1.54) is 12.1 Å². The zero-order valence-electron chi connectivity index (χ0n) is 11.7. The number of benzene rings is 2. The molecule has 0 fully saturated rings. The van der Waals surface area contributed by atoms with Gasteiger partial charge in [0, 0.05) is 5.39 Å². The molecule has 0 bridgehead atoms. The van der Waals surface area contributed by atoms with Crippen LogP contribution in [0.1, 0.15) is 5.56 Å². The van der Waals surface area contributed by atoms with Crippen molar-refractivity contribution in [2.45, 2.75) is 11.1 Å². The number of halogens is 4. The third-order valence-corrected chi connectivity index (χ3v) is 5.11. The van der Waals surface area contributed by atoms with E-state index in [0.29, 0.717) is 11.6 Å². The number of nitrogens with one attached hydrogen (secondary N) is 2. The molecule has 2 N–H and O–H groups in total. The molecule has 0 saturated heterocycles. The number of alkyl halides is 3. The summed E-state index contributed by atoms with van der Waals surface area (Å²) >= 11 is 5.77. The maximum absolute atomic E-state index is 12.8. The van der Waals surface area contributed by atoms with Crippen molar-refractivity contribution in [1.82, 2.24) is 10.2 Å². The van der Waals surface area contributed by atoms with Gasteiger partial charge in [-0.3, -0.25) is 9.82 Å². The zero-order valence-corrected chi connectivity index (χ0v) is 13.3. The number of H-pyrrole nitrogens is 1. The lowest BCUT2D eigenvalue weighted by Crippen LogP contribution is -2.15. The first-order chi connectivity index (χ1) is 11.2. The quantitative estimate of drug-likeness (QED) is 0.725. The maximum Gasteiger partial charge on any atom is 0.416 e. The highest BCUT2D eigenvalue weighted by molar-refractivity contribution is 7.92. The first kappa shape index (κ1) is 16.6. The van der Waals surface area contributed by atoms with E-state index >= 15 is 0 Å². The summed E-state index contributed by atoms with van der Waals surface area (Å²) in [5.74, 6) is 0. The van der Waals surface area contributed by atoms with E-state index in [2.05, 4.69) is 14.9 Å². The topological polar surface area (TPSA) is 74.8 Å². The first-order valence-electron chi connectivity index (χ1n) is 6.49. The number of anilines is 1. The summed E-state index contributed by atoms with van der Waals surface area (Å²) in [7, 11) is -4.29. The second-order valence-corrected chi connectivity index (χ2v) is 6.98. The Hall–Kier alpha value is -2.26. The summed E-state index contributed by atoms with van der Waals surface area (Å²) in [6.45, 7) is 0. The minimum atomic E-state index is -4.68. The lowest BCUT2D eigenvalue weighted by Gasteiger charge is -2.12. The molecule has 0 aliphatic rings. The Morgan fingerprint density at radius 1 is 1.12 bits per heavy atom. The summed E-state index contributed by atoms with van der Waals surface area (Å²) in [4.78, 5) is -0.649. The average molecular weight is 376 g/mol. The Labute approximate surface area is 139 Å². The Morgan fingerprint density at radius 2 is 1.88 bits per heavy atom. The van der Waals surface area contributed by atoms with Crippen LogP contribution in [0, 0.1) is 0 Å². The van der Waals surface area contributed by atoms with Gasteiger partial charge in [-0.1, -0.05) is 11.6 Å². The normalized spacial score (nSPS) is 12.5. The van der Waals surface area contributed by atoms with Crippen LogP contribution in [-0.2, 0) is 16.2 Å². The lowest BCUT2D eigenvalue weighted by molar-refractivity contribution is -0.137. The number of fused-ring (bicyclic) bond motifs is 1. The summed E-state index contributed by atoms with van der Waals surface area (Å²) < 4.78 is 65.3. The van der Waals surface area contributed by atoms with Gasteiger partial charge < -0.3 is 0 Å². The van der Waals surface area contributed by atoms with E-state index in [4.69, 9.17) is 11.6 Å². The molecule has 0 aliphatic heterocycles. The molecule has 2 aromatic carbocycles. The summed E-state index contributed by atoms with van der Waals surface area (Å²) in [6.07, 6.45) is -3.12. The molecule has 5 nitrogen and oxygen atoms in total. The fourth-order valence-electron chi connectivity index (χ4n) is 2.10. The zero-order chi connectivity index (χ0) is 17.5. The highest BCUT2D eigenvalue weighted by Gasteiger charge is 2.32. The van der Waals surface area contributed by atoms with Gasteiger partial charge in [0.1, 0.15) is 4.90 Å².